The second-order valence-electron chi connectivity index (χ2n) is 8.39. The molecule has 0 aromatic carbocycles. The first-order valence-electron chi connectivity index (χ1n) is 8.27. The predicted octanol–water partition coefficient (Wildman–Crippen LogP) is 2.83. The Hall–Kier alpha value is -1.36. The highest BCUT2D eigenvalue weighted by atomic mass is 16.5. The Morgan fingerprint density at radius 2 is 2.14 bits per heavy atom. The molecule has 1 amide bonds. The Labute approximate surface area is 132 Å². The summed E-state index contributed by atoms with van der Waals surface area (Å²) in [5.74, 6) is 1.18. The summed E-state index contributed by atoms with van der Waals surface area (Å²) in [6.07, 6.45) is 5.34. The second-order valence-corrected chi connectivity index (χ2v) is 8.39. The van der Waals surface area contributed by atoms with E-state index >= 15 is 0 Å². The van der Waals surface area contributed by atoms with Crippen molar-refractivity contribution in [3.8, 4) is 0 Å². The van der Waals surface area contributed by atoms with Crippen LogP contribution in [0.25, 0.3) is 0 Å². The van der Waals surface area contributed by atoms with Crippen LogP contribution in [0.3, 0.4) is 0 Å². The number of hydrogen-bond acceptors (Lipinski definition) is 4. The first-order chi connectivity index (χ1) is 10.3. The van der Waals surface area contributed by atoms with Gasteiger partial charge in [0.05, 0.1) is 0 Å². The van der Waals surface area contributed by atoms with Crippen molar-refractivity contribution in [3.05, 3.63) is 17.5 Å². The third kappa shape index (κ3) is 3.51. The van der Waals surface area contributed by atoms with E-state index in [1.165, 1.54) is 0 Å². The van der Waals surface area contributed by atoms with Crippen molar-refractivity contribution in [1.82, 2.24) is 10.5 Å². The van der Waals surface area contributed by atoms with E-state index < -0.39 is 0 Å². The topological polar surface area (TPSA) is 81.1 Å². The molecule has 0 saturated heterocycles. The van der Waals surface area contributed by atoms with Crippen LogP contribution in [0.4, 0.5) is 0 Å². The maximum Gasteiger partial charge on any atom is 0.273 e. The van der Waals surface area contributed by atoms with Crippen molar-refractivity contribution in [2.45, 2.75) is 64.8 Å². The van der Waals surface area contributed by atoms with Crippen LogP contribution in [0.15, 0.2) is 10.6 Å². The molecule has 2 fully saturated rings. The maximum atomic E-state index is 12.3. The summed E-state index contributed by atoms with van der Waals surface area (Å²) >= 11 is 0. The van der Waals surface area contributed by atoms with Gasteiger partial charge < -0.3 is 15.6 Å². The third-order valence-corrected chi connectivity index (χ3v) is 4.89. The zero-order valence-corrected chi connectivity index (χ0v) is 13.8. The molecule has 5 heteroatoms. The van der Waals surface area contributed by atoms with Gasteiger partial charge >= 0.3 is 0 Å². The largest absolute Gasteiger partial charge is 0.360 e. The average Bonchev–Trinajstić information content (AvgIpc) is 3.11. The van der Waals surface area contributed by atoms with Crippen molar-refractivity contribution >= 4 is 5.91 Å². The van der Waals surface area contributed by atoms with Gasteiger partial charge in [0.15, 0.2) is 5.69 Å². The summed E-state index contributed by atoms with van der Waals surface area (Å²) in [6, 6.07) is 1.99. The number of nitrogens with zero attached hydrogens (tertiary/aromatic N) is 1. The molecule has 5 nitrogen and oxygen atoms in total. The minimum absolute atomic E-state index is 0.0416. The van der Waals surface area contributed by atoms with Gasteiger partial charge in [0.25, 0.3) is 5.91 Å². The van der Waals surface area contributed by atoms with Gasteiger partial charge in [0.1, 0.15) is 5.76 Å². The minimum atomic E-state index is -0.145. The molecule has 0 spiro atoms. The van der Waals surface area contributed by atoms with Crippen LogP contribution < -0.4 is 11.1 Å². The van der Waals surface area contributed by atoms with E-state index in [9.17, 15) is 4.79 Å². The molecule has 2 unspecified atom stereocenters. The fourth-order valence-corrected chi connectivity index (χ4v) is 4.19. The molecule has 3 rings (SSSR count). The molecule has 2 aliphatic rings. The van der Waals surface area contributed by atoms with E-state index in [1.807, 2.05) is 0 Å². The highest BCUT2D eigenvalue weighted by Gasteiger charge is 2.40. The van der Waals surface area contributed by atoms with Gasteiger partial charge in [0, 0.05) is 24.6 Å². The molecule has 0 bridgehead atoms. The van der Waals surface area contributed by atoms with Crippen molar-refractivity contribution in [2.24, 2.45) is 16.6 Å². The molecule has 0 aliphatic heterocycles. The smallest absolute Gasteiger partial charge is 0.273 e. The van der Waals surface area contributed by atoms with Crippen molar-refractivity contribution in [1.29, 1.82) is 0 Å². The Morgan fingerprint density at radius 1 is 1.41 bits per heavy atom. The fourth-order valence-electron chi connectivity index (χ4n) is 4.19. The van der Waals surface area contributed by atoms with E-state index in [-0.39, 0.29) is 22.8 Å². The summed E-state index contributed by atoms with van der Waals surface area (Å²) in [5.41, 5.74) is 6.87. The lowest BCUT2D eigenvalue weighted by Gasteiger charge is -2.45. The Morgan fingerprint density at radius 3 is 2.77 bits per heavy atom. The lowest BCUT2D eigenvalue weighted by atomic mass is 9.63. The fraction of sp³-hybridized carbons (Fsp3) is 0.765. The first kappa shape index (κ1) is 15.5. The summed E-state index contributed by atoms with van der Waals surface area (Å²) in [4.78, 5) is 12.3. The molecule has 1 aromatic heterocycles. The number of amides is 1. The molecule has 122 valence electrons. The van der Waals surface area contributed by atoms with Gasteiger partial charge in [-0.15, -0.1) is 0 Å². The van der Waals surface area contributed by atoms with Crippen molar-refractivity contribution in [3.63, 3.8) is 0 Å². The summed E-state index contributed by atoms with van der Waals surface area (Å²) in [6.45, 7) is 7.36. The number of aromatic nitrogens is 1. The number of hydrogen-bond donors (Lipinski definition) is 2. The first-order valence-corrected chi connectivity index (χ1v) is 8.27. The van der Waals surface area contributed by atoms with Gasteiger partial charge in [-0.2, -0.15) is 0 Å². The maximum absolute atomic E-state index is 12.3. The molecule has 0 radical (unpaired) electrons. The van der Waals surface area contributed by atoms with Gasteiger partial charge in [-0.05, 0) is 42.9 Å². The standard InChI is InChI=1S/C17H27N3O2/c1-16(2)7-12(18)8-17(3,9-16)10-19-15(21)13-6-14(22-20-13)11-4-5-11/h6,11-12H,4-5,7-10,18H2,1-3H3,(H,19,21). The molecule has 2 aliphatic carbocycles. The van der Waals surface area contributed by atoms with Crippen molar-refractivity contribution in [2.75, 3.05) is 6.54 Å². The minimum Gasteiger partial charge on any atom is -0.360 e. The van der Waals surface area contributed by atoms with Crippen LogP contribution in [-0.4, -0.2) is 23.7 Å². The molecule has 1 heterocycles. The SMILES string of the molecule is CC1(C)CC(N)CC(C)(CNC(=O)c2cc(C3CC3)on2)C1. The van der Waals surface area contributed by atoms with Gasteiger partial charge in [-0.25, -0.2) is 0 Å². The number of rotatable bonds is 4. The lowest BCUT2D eigenvalue weighted by molar-refractivity contribution is 0.0725. The van der Waals surface area contributed by atoms with Crippen LogP contribution in [0.5, 0.6) is 0 Å². The van der Waals surface area contributed by atoms with Gasteiger partial charge in [-0.1, -0.05) is 25.9 Å². The Balaban J connectivity index is 1.59. The third-order valence-electron chi connectivity index (χ3n) is 4.89. The quantitative estimate of drug-likeness (QED) is 0.896. The average molecular weight is 305 g/mol. The zero-order valence-electron chi connectivity index (χ0n) is 13.8. The normalized spacial score (nSPS) is 31.0. The number of carbonyl (C=O) groups is 1. The predicted molar refractivity (Wildman–Crippen MR) is 84.5 cm³/mol. The van der Waals surface area contributed by atoms with Crippen LogP contribution >= 0.6 is 0 Å². The Bertz CT molecular complexity index is 562. The highest BCUT2D eigenvalue weighted by Crippen LogP contribution is 2.45. The Kier molecular flexibility index (Phi) is 3.79. The molecule has 1 aromatic rings. The van der Waals surface area contributed by atoms with E-state index in [2.05, 4.69) is 31.2 Å². The lowest BCUT2D eigenvalue weighted by Crippen LogP contribution is -2.47. The van der Waals surface area contributed by atoms with Crippen LogP contribution in [-0.2, 0) is 0 Å². The molecule has 22 heavy (non-hydrogen) atoms. The van der Waals surface area contributed by atoms with Gasteiger partial charge in [-0.3, -0.25) is 4.79 Å². The van der Waals surface area contributed by atoms with Gasteiger partial charge in [0.2, 0.25) is 0 Å². The van der Waals surface area contributed by atoms with E-state index in [0.29, 0.717) is 18.2 Å². The zero-order chi connectivity index (χ0) is 16.0. The molecular weight excluding hydrogens is 278 g/mol. The second kappa shape index (κ2) is 5.37. The van der Waals surface area contributed by atoms with Crippen LogP contribution in [0.2, 0.25) is 0 Å². The summed E-state index contributed by atoms with van der Waals surface area (Å²) < 4.78 is 5.25. The number of nitrogens with one attached hydrogen (secondary N) is 1. The number of nitrogens with two attached hydrogens (primary N) is 1. The van der Waals surface area contributed by atoms with Crippen molar-refractivity contribution < 1.29 is 9.32 Å². The summed E-state index contributed by atoms with van der Waals surface area (Å²) in [7, 11) is 0. The highest BCUT2D eigenvalue weighted by molar-refractivity contribution is 5.92. The number of carbonyl (C=O) groups excluding carboxylic acids is 1. The van der Waals surface area contributed by atoms with E-state index in [1.54, 1.807) is 6.07 Å². The van der Waals surface area contributed by atoms with Crippen LogP contribution in [0.1, 0.15) is 75.0 Å². The van der Waals surface area contributed by atoms with E-state index in [0.717, 1.165) is 37.9 Å². The molecule has 3 N–H and O–H groups in total. The monoisotopic (exact) mass is 305 g/mol. The molecule has 2 saturated carbocycles. The molecule has 2 atom stereocenters. The van der Waals surface area contributed by atoms with Crippen LogP contribution in [0, 0.1) is 10.8 Å². The van der Waals surface area contributed by atoms with E-state index in [4.69, 9.17) is 10.3 Å². The summed E-state index contributed by atoms with van der Waals surface area (Å²) in [5, 5.41) is 6.92. The molecular formula is C17H27N3O2.